The van der Waals surface area contributed by atoms with Crippen molar-refractivity contribution in [2.75, 3.05) is 24.7 Å². The van der Waals surface area contributed by atoms with Gasteiger partial charge in [0.05, 0.1) is 12.4 Å². The van der Waals surface area contributed by atoms with Gasteiger partial charge in [-0.3, -0.25) is 0 Å². The summed E-state index contributed by atoms with van der Waals surface area (Å²) in [6.07, 6.45) is 2.61. The Morgan fingerprint density at radius 3 is 2.35 bits per heavy atom. The Balaban J connectivity index is 2.59. The second kappa shape index (κ2) is 7.83. The largest absolute Gasteiger partial charge is 0.444 e. The minimum atomic E-state index is -3.00. The van der Waals surface area contributed by atoms with Crippen LogP contribution in [0.15, 0.2) is 0 Å². The standard InChI is InChI=1S/C16H31NO5S/c1-5-23(20,21)10-6-9-16(12-18,13-7-8-13)11-17-14(19)22-15(2,3)4/h13,18H,5-12H2,1-4H3,(H,17,19). The van der Waals surface area contributed by atoms with E-state index in [2.05, 4.69) is 5.32 Å². The van der Waals surface area contributed by atoms with E-state index < -0.39 is 26.9 Å². The fourth-order valence-electron chi connectivity index (χ4n) is 2.75. The molecule has 1 amide bonds. The topological polar surface area (TPSA) is 92.7 Å². The van der Waals surface area contributed by atoms with Crippen molar-refractivity contribution in [3.63, 3.8) is 0 Å². The van der Waals surface area contributed by atoms with E-state index in [1.165, 1.54) is 0 Å². The molecule has 1 rings (SSSR count). The number of carbonyl (C=O) groups is 1. The summed E-state index contributed by atoms with van der Waals surface area (Å²) in [6.45, 7) is 7.28. The molecule has 0 heterocycles. The number of alkyl carbamates (subject to hydrolysis) is 1. The van der Waals surface area contributed by atoms with Crippen molar-refractivity contribution < 1.29 is 23.1 Å². The van der Waals surface area contributed by atoms with Crippen molar-refractivity contribution in [1.82, 2.24) is 5.32 Å². The molecular weight excluding hydrogens is 318 g/mol. The molecule has 0 spiro atoms. The summed E-state index contributed by atoms with van der Waals surface area (Å²) >= 11 is 0. The predicted molar refractivity (Wildman–Crippen MR) is 90.0 cm³/mol. The molecule has 136 valence electrons. The lowest BCUT2D eigenvalue weighted by molar-refractivity contribution is 0.0424. The number of hydrogen-bond donors (Lipinski definition) is 2. The molecule has 0 radical (unpaired) electrons. The number of ether oxygens (including phenoxy) is 1. The monoisotopic (exact) mass is 349 g/mol. The molecule has 0 bridgehead atoms. The lowest BCUT2D eigenvalue weighted by atomic mass is 9.79. The quantitative estimate of drug-likeness (QED) is 0.665. The van der Waals surface area contributed by atoms with Gasteiger partial charge in [0.15, 0.2) is 0 Å². The smallest absolute Gasteiger partial charge is 0.407 e. The van der Waals surface area contributed by atoms with Crippen molar-refractivity contribution >= 4 is 15.9 Å². The number of amides is 1. The maximum Gasteiger partial charge on any atom is 0.407 e. The van der Waals surface area contributed by atoms with Gasteiger partial charge in [-0.25, -0.2) is 13.2 Å². The van der Waals surface area contributed by atoms with Crippen molar-refractivity contribution in [3.8, 4) is 0 Å². The van der Waals surface area contributed by atoms with Gasteiger partial charge in [-0.05, 0) is 52.4 Å². The van der Waals surface area contributed by atoms with Gasteiger partial charge in [-0.15, -0.1) is 0 Å². The third-order valence-corrected chi connectivity index (χ3v) is 6.10. The van der Waals surface area contributed by atoms with Gasteiger partial charge in [0.1, 0.15) is 15.4 Å². The Labute approximate surface area is 139 Å². The minimum absolute atomic E-state index is 0.0559. The maximum absolute atomic E-state index is 11.8. The molecule has 0 aromatic heterocycles. The molecule has 0 aromatic carbocycles. The van der Waals surface area contributed by atoms with Crippen LogP contribution in [0.5, 0.6) is 0 Å². The fraction of sp³-hybridized carbons (Fsp3) is 0.938. The third kappa shape index (κ3) is 7.08. The molecule has 1 saturated carbocycles. The Kier molecular flexibility index (Phi) is 6.89. The van der Waals surface area contributed by atoms with Crippen molar-refractivity contribution in [2.24, 2.45) is 11.3 Å². The van der Waals surface area contributed by atoms with Crippen molar-refractivity contribution in [3.05, 3.63) is 0 Å². The first-order valence-electron chi connectivity index (χ1n) is 8.32. The van der Waals surface area contributed by atoms with Crippen LogP contribution >= 0.6 is 0 Å². The van der Waals surface area contributed by atoms with Gasteiger partial charge >= 0.3 is 6.09 Å². The Hall–Kier alpha value is -0.820. The first-order chi connectivity index (χ1) is 10.5. The zero-order valence-electron chi connectivity index (χ0n) is 14.7. The summed E-state index contributed by atoms with van der Waals surface area (Å²) in [5.41, 5.74) is -1.01. The molecule has 1 aliphatic rings. The summed E-state index contributed by atoms with van der Waals surface area (Å²) < 4.78 is 28.5. The molecule has 0 saturated heterocycles. The molecule has 0 aromatic rings. The van der Waals surface area contributed by atoms with Crippen LogP contribution in [0.2, 0.25) is 0 Å². The predicted octanol–water partition coefficient (Wildman–Crippen LogP) is 2.11. The highest BCUT2D eigenvalue weighted by Gasteiger charge is 2.44. The van der Waals surface area contributed by atoms with E-state index in [9.17, 15) is 18.3 Å². The fourth-order valence-corrected chi connectivity index (χ4v) is 3.62. The van der Waals surface area contributed by atoms with Crippen LogP contribution in [0.1, 0.15) is 53.4 Å². The first-order valence-corrected chi connectivity index (χ1v) is 10.1. The summed E-state index contributed by atoms with van der Waals surface area (Å²) in [5.74, 6) is 0.607. The Morgan fingerprint density at radius 1 is 1.30 bits per heavy atom. The second-order valence-electron chi connectivity index (χ2n) is 7.49. The van der Waals surface area contributed by atoms with Gasteiger partial charge in [0.25, 0.3) is 0 Å². The number of nitrogens with one attached hydrogen (secondary N) is 1. The zero-order chi connectivity index (χ0) is 17.7. The van der Waals surface area contributed by atoms with E-state index in [1.807, 2.05) is 0 Å². The second-order valence-corrected chi connectivity index (χ2v) is 9.96. The van der Waals surface area contributed by atoms with Gasteiger partial charge in [-0.1, -0.05) is 6.92 Å². The number of sulfone groups is 1. The van der Waals surface area contributed by atoms with Gasteiger partial charge < -0.3 is 15.2 Å². The van der Waals surface area contributed by atoms with Gasteiger partial charge in [0, 0.05) is 17.7 Å². The summed E-state index contributed by atoms with van der Waals surface area (Å²) in [7, 11) is -3.00. The molecule has 2 N–H and O–H groups in total. The van der Waals surface area contributed by atoms with E-state index >= 15 is 0 Å². The van der Waals surface area contributed by atoms with Crippen LogP contribution in [0.4, 0.5) is 4.79 Å². The minimum Gasteiger partial charge on any atom is -0.444 e. The number of hydrogen-bond acceptors (Lipinski definition) is 5. The van der Waals surface area contributed by atoms with Crippen LogP contribution in [-0.4, -0.2) is 49.9 Å². The van der Waals surface area contributed by atoms with Crippen LogP contribution < -0.4 is 5.32 Å². The van der Waals surface area contributed by atoms with Gasteiger partial charge in [0.2, 0.25) is 0 Å². The van der Waals surface area contributed by atoms with Crippen LogP contribution in [0.3, 0.4) is 0 Å². The molecule has 1 atom stereocenters. The highest BCUT2D eigenvalue weighted by Crippen LogP contribution is 2.48. The van der Waals surface area contributed by atoms with Gasteiger partial charge in [-0.2, -0.15) is 0 Å². The number of carbonyl (C=O) groups excluding carboxylic acids is 1. The van der Waals surface area contributed by atoms with Crippen molar-refractivity contribution in [2.45, 2.75) is 59.0 Å². The zero-order valence-corrected chi connectivity index (χ0v) is 15.5. The Bertz CT molecular complexity index is 493. The molecule has 1 unspecified atom stereocenters. The van der Waals surface area contributed by atoms with E-state index in [4.69, 9.17) is 4.74 Å². The van der Waals surface area contributed by atoms with Crippen molar-refractivity contribution in [1.29, 1.82) is 0 Å². The van der Waals surface area contributed by atoms with Crippen LogP contribution in [-0.2, 0) is 14.6 Å². The average molecular weight is 349 g/mol. The molecule has 1 aliphatic carbocycles. The first kappa shape index (κ1) is 20.2. The number of aliphatic hydroxyl groups excluding tert-OH is 1. The Morgan fingerprint density at radius 2 is 1.91 bits per heavy atom. The molecule has 1 fully saturated rings. The normalized spacial score (nSPS) is 18.3. The molecular formula is C16H31NO5S. The molecule has 23 heavy (non-hydrogen) atoms. The van der Waals surface area contributed by atoms with E-state index in [0.29, 0.717) is 25.3 Å². The maximum atomic E-state index is 11.8. The lowest BCUT2D eigenvalue weighted by Gasteiger charge is -2.33. The van der Waals surface area contributed by atoms with E-state index in [0.717, 1.165) is 12.8 Å². The summed E-state index contributed by atoms with van der Waals surface area (Å²) in [5, 5.41) is 12.6. The average Bonchev–Trinajstić information content (AvgIpc) is 3.26. The lowest BCUT2D eigenvalue weighted by Crippen LogP contribution is -2.43. The van der Waals surface area contributed by atoms with Crippen LogP contribution in [0, 0.1) is 11.3 Å². The number of rotatable bonds is 9. The molecule has 0 aliphatic heterocycles. The number of aliphatic hydroxyl groups is 1. The highest BCUT2D eigenvalue weighted by molar-refractivity contribution is 7.91. The molecule has 6 nitrogen and oxygen atoms in total. The van der Waals surface area contributed by atoms with E-state index in [-0.39, 0.29) is 18.1 Å². The summed E-state index contributed by atoms with van der Waals surface area (Å²) in [6, 6.07) is 0. The SMILES string of the molecule is CCS(=O)(=O)CCCC(CO)(CNC(=O)OC(C)(C)C)C1CC1. The highest BCUT2D eigenvalue weighted by atomic mass is 32.2. The van der Waals surface area contributed by atoms with Crippen LogP contribution in [0.25, 0.3) is 0 Å². The third-order valence-electron chi connectivity index (χ3n) is 4.31. The molecule has 7 heteroatoms. The van der Waals surface area contributed by atoms with E-state index in [1.54, 1.807) is 27.7 Å². The summed E-state index contributed by atoms with van der Waals surface area (Å²) in [4.78, 5) is 11.8.